The van der Waals surface area contributed by atoms with E-state index in [0.29, 0.717) is 18.4 Å². The molecule has 1 unspecified atom stereocenters. The molecule has 1 rings (SSSR count). The van der Waals surface area contributed by atoms with Crippen LogP contribution in [-0.4, -0.2) is 6.04 Å². The van der Waals surface area contributed by atoms with E-state index < -0.39 is 5.82 Å². The Morgan fingerprint density at radius 2 is 2.00 bits per heavy atom. The molecule has 1 atom stereocenters. The van der Waals surface area contributed by atoms with Crippen molar-refractivity contribution in [2.24, 2.45) is 5.73 Å². The van der Waals surface area contributed by atoms with Gasteiger partial charge in [0.15, 0.2) is 0 Å². The van der Waals surface area contributed by atoms with Gasteiger partial charge in [-0.15, -0.1) is 0 Å². The first kappa shape index (κ1) is 12.1. The van der Waals surface area contributed by atoms with Crippen LogP contribution in [0.4, 0.5) is 8.78 Å². The van der Waals surface area contributed by atoms with Gasteiger partial charge in [0.2, 0.25) is 0 Å². The van der Waals surface area contributed by atoms with Gasteiger partial charge in [-0.3, -0.25) is 0 Å². The van der Waals surface area contributed by atoms with Crippen molar-refractivity contribution in [2.75, 3.05) is 0 Å². The van der Waals surface area contributed by atoms with E-state index in [0.717, 1.165) is 25.0 Å². The van der Waals surface area contributed by atoms with E-state index in [1.807, 2.05) is 0 Å². The second-order valence-corrected chi connectivity index (χ2v) is 3.82. The molecule has 0 saturated heterocycles. The maximum absolute atomic E-state index is 13.2. The summed E-state index contributed by atoms with van der Waals surface area (Å²) in [6.07, 6.45) is 3.16. The largest absolute Gasteiger partial charge is 0.328 e. The third-order valence-corrected chi connectivity index (χ3v) is 2.45. The molecule has 0 aliphatic rings. The van der Waals surface area contributed by atoms with Gasteiger partial charge in [-0.05, 0) is 43.0 Å². The summed E-state index contributed by atoms with van der Waals surface area (Å²) in [5, 5.41) is 0. The first-order valence-corrected chi connectivity index (χ1v) is 5.33. The van der Waals surface area contributed by atoms with E-state index in [9.17, 15) is 8.78 Å². The lowest BCUT2D eigenvalue weighted by Crippen LogP contribution is -2.20. The highest BCUT2D eigenvalue weighted by atomic mass is 19.1. The summed E-state index contributed by atoms with van der Waals surface area (Å²) in [6, 6.07) is 3.62. The Morgan fingerprint density at radius 1 is 1.27 bits per heavy atom. The second-order valence-electron chi connectivity index (χ2n) is 3.82. The number of hydrogen-bond donors (Lipinski definition) is 1. The summed E-state index contributed by atoms with van der Waals surface area (Å²) in [7, 11) is 0. The molecular weight excluding hydrogens is 196 g/mol. The van der Waals surface area contributed by atoms with Crippen molar-refractivity contribution in [2.45, 2.75) is 38.6 Å². The number of halogens is 2. The zero-order valence-corrected chi connectivity index (χ0v) is 8.97. The maximum atomic E-state index is 13.2. The third-order valence-electron chi connectivity index (χ3n) is 2.45. The quantitative estimate of drug-likeness (QED) is 0.799. The Hall–Kier alpha value is -0.960. The van der Waals surface area contributed by atoms with Crippen LogP contribution in [0, 0.1) is 11.6 Å². The predicted octanol–water partition coefficient (Wildman–Crippen LogP) is 3.02. The summed E-state index contributed by atoms with van der Waals surface area (Å²) in [4.78, 5) is 0. The summed E-state index contributed by atoms with van der Waals surface area (Å²) < 4.78 is 26.0. The van der Waals surface area contributed by atoms with E-state index >= 15 is 0 Å². The lowest BCUT2D eigenvalue weighted by Gasteiger charge is -2.10. The van der Waals surface area contributed by atoms with Crippen LogP contribution in [-0.2, 0) is 6.42 Å². The van der Waals surface area contributed by atoms with E-state index in [1.165, 1.54) is 6.07 Å². The summed E-state index contributed by atoms with van der Waals surface area (Å²) >= 11 is 0. The van der Waals surface area contributed by atoms with Crippen molar-refractivity contribution >= 4 is 0 Å². The highest BCUT2D eigenvalue weighted by Crippen LogP contribution is 2.13. The lowest BCUT2D eigenvalue weighted by molar-refractivity contribution is 0.539. The van der Waals surface area contributed by atoms with Crippen LogP contribution >= 0.6 is 0 Å². The van der Waals surface area contributed by atoms with Crippen LogP contribution in [0.25, 0.3) is 0 Å². The maximum Gasteiger partial charge on any atom is 0.126 e. The molecule has 0 aliphatic carbocycles. The third kappa shape index (κ3) is 3.96. The van der Waals surface area contributed by atoms with Crippen molar-refractivity contribution in [1.29, 1.82) is 0 Å². The van der Waals surface area contributed by atoms with Gasteiger partial charge in [-0.1, -0.05) is 13.3 Å². The molecule has 1 nitrogen and oxygen atoms in total. The van der Waals surface area contributed by atoms with Gasteiger partial charge in [0, 0.05) is 6.04 Å². The molecular formula is C12H17F2N. The van der Waals surface area contributed by atoms with Gasteiger partial charge in [-0.2, -0.15) is 0 Å². The number of rotatable bonds is 5. The topological polar surface area (TPSA) is 26.0 Å². The molecule has 0 heterocycles. The van der Waals surface area contributed by atoms with Crippen LogP contribution in [0.15, 0.2) is 18.2 Å². The molecule has 1 aromatic carbocycles. The zero-order chi connectivity index (χ0) is 11.3. The minimum atomic E-state index is -0.393. The van der Waals surface area contributed by atoms with Crippen molar-refractivity contribution in [1.82, 2.24) is 0 Å². The molecule has 1 aromatic rings. The number of aryl methyl sites for hydroxylation is 1. The first-order chi connectivity index (χ1) is 7.13. The lowest BCUT2D eigenvalue weighted by atomic mass is 10.0. The standard InChI is InChI=1S/C12H17F2N/c1-2-3-11(15)6-4-9-8-10(13)5-7-12(9)14/h5,7-8,11H,2-4,6,15H2,1H3. The van der Waals surface area contributed by atoms with Crippen LogP contribution in [0.3, 0.4) is 0 Å². The molecule has 0 fully saturated rings. The predicted molar refractivity (Wildman–Crippen MR) is 57.6 cm³/mol. The normalized spacial score (nSPS) is 12.8. The van der Waals surface area contributed by atoms with Crippen molar-refractivity contribution in [3.63, 3.8) is 0 Å². The minimum absolute atomic E-state index is 0.0812. The average Bonchev–Trinajstić information content (AvgIpc) is 2.20. The van der Waals surface area contributed by atoms with Crippen LogP contribution < -0.4 is 5.73 Å². The highest BCUT2D eigenvalue weighted by molar-refractivity contribution is 5.18. The molecule has 0 spiro atoms. The van der Waals surface area contributed by atoms with Gasteiger partial charge in [0.05, 0.1) is 0 Å². The molecule has 3 heteroatoms. The first-order valence-electron chi connectivity index (χ1n) is 5.33. The minimum Gasteiger partial charge on any atom is -0.328 e. The molecule has 15 heavy (non-hydrogen) atoms. The molecule has 0 radical (unpaired) electrons. The summed E-state index contributed by atoms with van der Waals surface area (Å²) in [5.41, 5.74) is 6.22. The van der Waals surface area contributed by atoms with E-state index in [1.54, 1.807) is 0 Å². The smallest absolute Gasteiger partial charge is 0.126 e. The van der Waals surface area contributed by atoms with E-state index in [2.05, 4.69) is 6.92 Å². The van der Waals surface area contributed by atoms with E-state index in [-0.39, 0.29) is 11.9 Å². The molecule has 0 saturated carbocycles. The summed E-state index contributed by atoms with van der Waals surface area (Å²) in [6.45, 7) is 2.06. The Labute approximate surface area is 89.3 Å². The second kappa shape index (κ2) is 5.81. The molecule has 0 aliphatic heterocycles. The zero-order valence-electron chi connectivity index (χ0n) is 8.97. The average molecular weight is 213 g/mol. The fourth-order valence-electron chi connectivity index (χ4n) is 1.59. The molecule has 0 aromatic heterocycles. The van der Waals surface area contributed by atoms with Crippen molar-refractivity contribution < 1.29 is 8.78 Å². The Morgan fingerprint density at radius 3 is 2.67 bits per heavy atom. The van der Waals surface area contributed by atoms with Gasteiger partial charge >= 0.3 is 0 Å². The molecule has 84 valence electrons. The van der Waals surface area contributed by atoms with Gasteiger partial charge in [0.25, 0.3) is 0 Å². The van der Waals surface area contributed by atoms with Gasteiger partial charge < -0.3 is 5.73 Å². The Bertz CT molecular complexity index is 312. The summed E-state index contributed by atoms with van der Waals surface area (Å²) in [5.74, 6) is -0.740. The number of benzene rings is 1. The Kier molecular flexibility index (Phi) is 4.69. The number of nitrogens with two attached hydrogens (primary N) is 1. The Balaban J connectivity index is 2.53. The molecule has 0 bridgehead atoms. The van der Waals surface area contributed by atoms with Gasteiger partial charge in [-0.25, -0.2) is 8.78 Å². The monoisotopic (exact) mass is 213 g/mol. The van der Waals surface area contributed by atoms with Gasteiger partial charge in [0.1, 0.15) is 11.6 Å². The van der Waals surface area contributed by atoms with Crippen LogP contribution in [0.2, 0.25) is 0 Å². The van der Waals surface area contributed by atoms with E-state index in [4.69, 9.17) is 5.73 Å². The van der Waals surface area contributed by atoms with Crippen molar-refractivity contribution in [3.05, 3.63) is 35.4 Å². The highest BCUT2D eigenvalue weighted by Gasteiger charge is 2.06. The van der Waals surface area contributed by atoms with Crippen LogP contribution in [0.1, 0.15) is 31.7 Å². The molecule has 0 amide bonds. The molecule has 2 N–H and O–H groups in total. The fraction of sp³-hybridized carbons (Fsp3) is 0.500. The SMILES string of the molecule is CCCC(N)CCc1cc(F)ccc1F. The van der Waals surface area contributed by atoms with Crippen molar-refractivity contribution in [3.8, 4) is 0 Å². The van der Waals surface area contributed by atoms with Crippen LogP contribution in [0.5, 0.6) is 0 Å². The fourth-order valence-corrected chi connectivity index (χ4v) is 1.59. The number of hydrogen-bond acceptors (Lipinski definition) is 1.